The molecule has 4 aromatic rings. The van der Waals surface area contributed by atoms with Crippen LogP contribution in [0.15, 0.2) is 36.8 Å². The minimum Gasteiger partial charge on any atom is -0.371 e. The van der Waals surface area contributed by atoms with Crippen LogP contribution in [0.1, 0.15) is 24.5 Å². The summed E-state index contributed by atoms with van der Waals surface area (Å²) in [7, 11) is 3.86. The lowest BCUT2D eigenvalue weighted by Crippen LogP contribution is -2.27. The van der Waals surface area contributed by atoms with Crippen LogP contribution in [0.2, 0.25) is 0 Å². The smallest absolute Gasteiger partial charge is 0.154 e. The fourth-order valence-electron chi connectivity index (χ4n) is 4.19. The van der Waals surface area contributed by atoms with Crippen LogP contribution in [0.5, 0.6) is 0 Å². The van der Waals surface area contributed by atoms with E-state index in [1.54, 1.807) is 6.33 Å². The number of hydrogen-bond acceptors (Lipinski definition) is 5. The Kier molecular flexibility index (Phi) is 3.82. The third-order valence-corrected chi connectivity index (χ3v) is 5.51. The van der Waals surface area contributed by atoms with E-state index in [4.69, 9.17) is 0 Å². The highest BCUT2D eigenvalue weighted by molar-refractivity contribution is 5.93. The molecule has 0 atom stereocenters. The molecule has 7 nitrogen and oxygen atoms in total. The molecule has 27 heavy (non-hydrogen) atoms. The van der Waals surface area contributed by atoms with E-state index in [0.29, 0.717) is 5.92 Å². The largest absolute Gasteiger partial charge is 0.371 e. The molecule has 138 valence electrons. The van der Waals surface area contributed by atoms with E-state index in [2.05, 4.69) is 54.6 Å². The zero-order valence-electron chi connectivity index (χ0n) is 15.6. The highest BCUT2D eigenvalue weighted by Gasteiger charge is 2.23. The van der Waals surface area contributed by atoms with Crippen LogP contribution in [0.25, 0.3) is 27.5 Å². The van der Waals surface area contributed by atoms with Crippen LogP contribution in [-0.4, -0.2) is 44.5 Å². The van der Waals surface area contributed by atoms with Gasteiger partial charge in [0, 0.05) is 42.9 Å². The zero-order chi connectivity index (χ0) is 18.4. The summed E-state index contributed by atoms with van der Waals surface area (Å²) in [5, 5.41) is 17.0. The number of hydrogen-bond donors (Lipinski definition) is 2. The van der Waals surface area contributed by atoms with Crippen molar-refractivity contribution in [2.45, 2.75) is 18.8 Å². The van der Waals surface area contributed by atoms with Gasteiger partial charge in [-0.3, -0.25) is 4.68 Å². The van der Waals surface area contributed by atoms with Gasteiger partial charge in [0.1, 0.15) is 11.8 Å². The van der Waals surface area contributed by atoms with Gasteiger partial charge in [-0.2, -0.15) is 10.2 Å². The lowest BCUT2D eigenvalue weighted by molar-refractivity contribution is 0.448. The van der Waals surface area contributed by atoms with Gasteiger partial charge in [-0.05, 0) is 43.6 Å². The van der Waals surface area contributed by atoms with Gasteiger partial charge < -0.3 is 10.6 Å². The lowest BCUT2D eigenvalue weighted by Gasteiger charge is -2.22. The second kappa shape index (κ2) is 6.35. The number of aryl methyl sites for hydroxylation is 1. The molecular formula is C20H23N7. The predicted octanol–water partition coefficient (Wildman–Crippen LogP) is 2.79. The van der Waals surface area contributed by atoms with Gasteiger partial charge in [0.25, 0.3) is 0 Å². The van der Waals surface area contributed by atoms with Crippen LogP contribution in [-0.2, 0) is 7.05 Å². The monoisotopic (exact) mass is 361 g/mol. The molecule has 3 aromatic heterocycles. The van der Waals surface area contributed by atoms with Crippen molar-refractivity contribution in [3.05, 3.63) is 42.5 Å². The number of benzene rings is 1. The van der Waals surface area contributed by atoms with Crippen molar-refractivity contribution in [1.29, 1.82) is 0 Å². The summed E-state index contributed by atoms with van der Waals surface area (Å²) in [6, 6.07) is 8.75. The second-order valence-electron chi connectivity index (χ2n) is 7.20. The molecule has 0 bridgehead atoms. The first-order chi connectivity index (χ1) is 13.2. The summed E-state index contributed by atoms with van der Waals surface area (Å²) in [4.78, 5) is 4.46. The highest BCUT2D eigenvalue weighted by Crippen LogP contribution is 2.37. The van der Waals surface area contributed by atoms with Crippen LogP contribution in [0, 0.1) is 0 Å². The minimum atomic E-state index is 0.505. The molecule has 0 amide bonds. The molecule has 0 radical (unpaired) electrons. The number of fused-ring (bicyclic) bond motifs is 2. The Morgan fingerprint density at radius 3 is 2.85 bits per heavy atom. The molecule has 0 aliphatic carbocycles. The number of anilines is 1. The van der Waals surface area contributed by atoms with Gasteiger partial charge in [-0.25, -0.2) is 9.50 Å². The van der Waals surface area contributed by atoms with Gasteiger partial charge in [-0.15, -0.1) is 0 Å². The molecule has 1 saturated heterocycles. The van der Waals surface area contributed by atoms with Crippen LogP contribution in [0.3, 0.4) is 0 Å². The van der Waals surface area contributed by atoms with Gasteiger partial charge >= 0.3 is 0 Å². The average molecular weight is 361 g/mol. The topological polar surface area (TPSA) is 72.1 Å². The maximum absolute atomic E-state index is 4.60. The molecule has 1 aliphatic rings. The average Bonchev–Trinajstić information content (AvgIpc) is 3.27. The van der Waals surface area contributed by atoms with E-state index in [9.17, 15) is 0 Å². The summed E-state index contributed by atoms with van der Waals surface area (Å²) in [5.74, 6) is 1.35. The van der Waals surface area contributed by atoms with Gasteiger partial charge in [0.15, 0.2) is 5.82 Å². The summed E-state index contributed by atoms with van der Waals surface area (Å²) in [5.41, 5.74) is 5.59. The molecule has 0 spiro atoms. The lowest BCUT2D eigenvalue weighted by atomic mass is 9.94. The van der Waals surface area contributed by atoms with E-state index in [0.717, 1.165) is 59.3 Å². The van der Waals surface area contributed by atoms with Crippen molar-refractivity contribution < 1.29 is 0 Å². The fourth-order valence-corrected chi connectivity index (χ4v) is 4.19. The van der Waals surface area contributed by atoms with E-state index in [1.807, 2.05) is 25.0 Å². The molecule has 1 aromatic carbocycles. The Hall–Kier alpha value is -2.93. The van der Waals surface area contributed by atoms with Gasteiger partial charge in [0.05, 0.1) is 5.52 Å². The van der Waals surface area contributed by atoms with Crippen LogP contribution >= 0.6 is 0 Å². The third-order valence-electron chi connectivity index (χ3n) is 5.51. The van der Waals surface area contributed by atoms with Crippen molar-refractivity contribution in [3.63, 3.8) is 0 Å². The Morgan fingerprint density at radius 2 is 2.04 bits per heavy atom. The first-order valence-electron chi connectivity index (χ1n) is 9.43. The Balaban J connectivity index is 1.74. The molecule has 2 N–H and O–H groups in total. The first kappa shape index (κ1) is 16.3. The van der Waals surface area contributed by atoms with Crippen molar-refractivity contribution in [2.24, 2.45) is 7.05 Å². The molecule has 4 heterocycles. The summed E-state index contributed by atoms with van der Waals surface area (Å²) in [6.45, 7) is 2.11. The standard InChI is InChI=1S/C20H23N7/c1-21-20-19-16(14-3-4-15-11-26(2)25-17(15)9-14)10-18(27(19)24-12-23-20)13-5-7-22-8-6-13/h3-4,9-13,22H,5-8H2,1-2H3,(H,21,23,24). The Labute approximate surface area is 157 Å². The summed E-state index contributed by atoms with van der Waals surface area (Å²) >= 11 is 0. The number of aromatic nitrogens is 5. The Morgan fingerprint density at radius 1 is 1.19 bits per heavy atom. The quantitative estimate of drug-likeness (QED) is 0.587. The zero-order valence-corrected chi connectivity index (χ0v) is 15.6. The molecule has 0 saturated carbocycles. The van der Waals surface area contributed by atoms with E-state index < -0.39 is 0 Å². The van der Waals surface area contributed by atoms with E-state index in [1.165, 1.54) is 5.69 Å². The number of nitrogens with zero attached hydrogens (tertiary/aromatic N) is 5. The predicted molar refractivity (Wildman–Crippen MR) is 107 cm³/mol. The Bertz CT molecular complexity index is 1120. The van der Waals surface area contributed by atoms with Crippen LogP contribution < -0.4 is 10.6 Å². The number of rotatable bonds is 3. The maximum atomic E-state index is 4.60. The molecular weight excluding hydrogens is 338 g/mol. The van der Waals surface area contributed by atoms with Gasteiger partial charge in [0.2, 0.25) is 0 Å². The van der Waals surface area contributed by atoms with E-state index >= 15 is 0 Å². The van der Waals surface area contributed by atoms with Crippen molar-refractivity contribution in [2.75, 3.05) is 25.5 Å². The van der Waals surface area contributed by atoms with Gasteiger partial charge in [-0.1, -0.05) is 12.1 Å². The highest BCUT2D eigenvalue weighted by atomic mass is 15.3. The summed E-state index contributed by atoms with van der Waals surface area (Å²) in [6.07, 6.45) is 5.93. The maximum Gasteiger partial charge on any atom is 0.154 e. The minimum absolute atomic E-state index is 0.505. The molecule has 7 heteroatoms. The number of nitrogens with one attached hydrogen (secondary N) is 2. The van der Waals surface area contributed by atoms with Crippen molar-refractivity contribution >= 4 is 22.2 Å². The van der Waals surface area contributed by atoms with E-state index in [-0.39, 0.29) is 0 Å². The molecule has 5 rings (SSSR count). The second-order valence-corrected chi connectivity index (χ2v) is 7.20. The van der Waals surface area contributed by atoms with Crippen LogP contribution in [0.4, 0.5) is 5.82 Å². The third kappa shape index (κ3) is 2.66. The first-order valence-corrected chi connectivity index (χ1v) is 9.43. The molecule has 1 fully saturated rings. The summed E-state index contributed by atoms with van der Waals surface area (Å²) < 4.78 is 3.93. The molecule has 0 unspecified atom stereocenters. The van der Waals surface area contributed by atoms with Crippen molar-refractivity contribution in [3.8, 4) is 11.1 Å². The fraction of sp³-hybridized carbons (Fsp3) is 0.350. The SMILES string of the molecule is CNc1ncnn2c(C3CCNCC3)cc(-c3ccc4cn(C)nc4c3)c12. The number of piperidine rings is 1. The normalized spacial score (nSPS) is 15.6. The van der Waals surface area contributed by atoms with Crippen molar-refractivity contribution in [1.82, 2.24) is 29.7 Å². The molecule has 1 aliphatic heterocycles.